The van der Waals surface area contributed by atoms with Gasteiger partial charge in [-0.25, -0.2) is 4.79 Å². The van der Waals surface area contributed by atoms with Gasteiger partial charge in [-0.2, -0.15) is 0 Å². The summed E-state index contributed by atoms with van der Waals surface area (Å²) in [7, 11) is 1.60. The van der Waals surface area contributed by atoms with Gasteiger partial charge in [-0.3, -0.25) is 4.79 Å². The van der Waals surface area contributed by atoms with Gasteiger partial charge in [0.25, 0.3) is 0 Å². The fraction of sp³-hybridized carbons (Fsp3) is 0.567. The van der Waals surface area contributed by atoms with Crippen molar-refractivity contribution in [2.75, 3.05) is 7.11 Å². The number of benzene rings is 1. The van der Waals surface area contributed by atoms with Gasteiger partial charge in [0.2, 0.25) is 0 Å². The number of allylic oxidation sites excluding steroid dienone is 2. The third-order valence-corrected chi connectivity index (χ3v) is 9.80. The van der Waals surface area contributed by atoms with Gasteiger partial charge in [0, 0.05) is 29.9 Å². The summed E-state index contributed by atoms with van der Waals surface area (Å²) < 4.78 is 10.7. The first-order valence-electron chi connectivity index (χ1n) is 13.4. The molecule has 6 atom stereocenters. The highest BCUT2D eigenvalue weighted by Crippen LogP contribution is 2.65. The van der Waals surface area contributed by atoms with Crippen LogP contribution in [0.1, 0.15) is 71.3 Å². The van der Waals surface area contributed by atoms with Crippen molar-refractivity contribution in [1.29, 1.82) is 0 Å². The maximum atomic E-state index is 13.2. The number of amidine groups is 1. The predicted octanol–water partition coefficient (Wildman–Crippen LogP) is 5.29. The number of carbonyl (C=O) groups excluding carboxylic acids is 2. The highest BCUT2D eigenvalue weighted by atomic mass is 16.7. The Balaban J connectivity index is 1.28. The molecule has 2 N–H and O–H groups in total. The van der Waals surface area contributed by atoms with E-state index in [0.29, 0.717) is 23.3 Å². The van der Waals surface area contributed by atoms with Crippen LogP contribution in [0.3, 0.4) is 0 Å². The molecule has 0 unspecified atom stereocenters. The molecule has 2 saturated carbocycles. The summed E-state index contributed by atoms with van der Waals surface area (Å²) in [6.07, 6.45) is 11.2. The molecule has 0 saturated heterocycles. The van der Waals surface area contributed by atoms with Crippen LogP contribution in [0.4, 0.5) is 0 Å². The number of hydrogen-bond donors (Lipinski definition) is 1. The molecular weight excluding hydrogens is 468 g/mol. The number of hydrogen-bond acceptors (Lipinski definition) is 6. The molecule has 0 aliphatic heterocycles. The molecule has 0 amide bonds. The van der Waals surface area contributed by atoms with Crippen molar-refractivity contribution in [2.24, 2.45) is 39.5 Å². The third-order valence-electron chi connectivity index (χ3n) is 9.80. The average molecular weight is 507 g/mol. The third kappa shape index (κ3) is 4.47. The van der Waals surface area contributed by atoms with E-state index >= 15 is 0 Å². The van der Waals surface area contributed by atoms with Gasteiger partial charge in [0.1, 0.15) is 11.9 Å². The Morgan fingerprint density at radius 1 is 1.00 bits per heavy atom. The Morgan fingerprint density at radius 3 is 2.43 bits per heavy atom. The van der Waals surface area contributed by atoms with Crippen LogP contribution >= 0.6 is 0 Å². The molecule has 0 aromatic heterocycles. The Labute approximate surface area is 219 Å². The monoisotopic (exact) mass is 506 g/mol. The van der Waals surface area contributed by atoms with Crippen molar-refractivity contribution in [3.8, 4) is 5.75 Å². The van der Waals surface area contributed by atoms with Gasteiger partial charge in [-0.1, -0.05) is 36.7 Å². The number of esters is 1. The lowest BCUT2D eigenvalue weighted by molar-refractivity contribution is -0.149. The lowest BCUT2D eigenvalue weighted by Gasteiger charge is -2.57. The number of methoxy groups -OCH3 is 1. The van der Waals surface area contributed by atoms with E-state index < -0.39 is 5.97 Å². The lowest BCUT2D eigenvalue weighted by atomic mass is 9.47. The molecule has 37 heavy (non-hydrogen) atoms. The summed E-state index contributed by atoms with van der Waals surface area (Å²) >= 11 is 0. The topological polar surface area (TPSA) is 100 Å². The predicted molar refractivity (Wildman–Crippen MR) is 141 cm³/mol. The molecule has 0 radical (unpaired) electrons. The molecule has 4 aliphatic rings. The van der Waals surface area contributed by atoms with Crippen LogP contribution in [0.5, 0.6) is 5.75 Å². The van der Waals surface area contributed by atoms with Gasteiger partial charge in [0.15, 0.2) is 5.84 Å². The highest BCUT2D eigenvalue weighted by Gasteiger charge is 2.58. The lowest BCUT2D eigenvalue weighted by Crippen LogP contribution is -2.50. The summed E-state index contributed by atoms with van der Waals surface area (Å²) in [5, 5.41) is 3.95. The maximum absolute atomic E-state index is 13.2. The first-order chi connectivity index (χ1) is 17.7. The Bertz CT molecular complexity index is 1170. The second-order valence-corrected chi connectivity index (χ2v) is 11.6. The van der Waals surface area contributed by atoms with Crippen LogP contribution in [0, 0.1) is 28.6 Å². The minimum Gasteiger partial charge on any atom is -0.497 e. The van der Waals surface area contributed by atoms with Crippen LogP contribution in [0.2, 0.25) is 0 Å². The summed E-state index contributed by atoms with van der Waals surface area (Å²) in [5.41, 5.74) is 8.86. The van der Waals surface area contributed by atoms with Crippen molar-refractivity contribution in [2.45, 2.75) is 71.8 Å². The number of carbonyl (C=O) groups is 2. The molecule has 7 heteroatoms. The second kappa shape index (κ2) is 9.66. The van der Waals surface area contributed by atoms with Crippen molar-refractivity contribution in [1.82, 2.24) is 0 Å². The molecule has 1 aromatic rings. The number of ether oxygens (including phenoxy) is 2. The van der Waals surface area contributed by atoms with Gasteiger partial charge in [-0.05, 0) is 86.0 Å². The molecule has 5 rings (SSSR count). The summed E-state index contributed by atoms with van der Waals surface area (Å²) in [5.74, 6) is 1.78. The molecule has 2 fully saturated rings. The first kappa shape index (κ1) is 25.6. The van der Waals surface area contributed by atoms with Crippen LogP contribution < -0.4 is 10.5 Å². The van der Waals surface area contributed by atoms with E-state index in [-0.39, 0.29) is 28.7 Å². The smallest absolute Gasteiger partial charge is 0.362 e. The Hall–Kier alpha value is -3.09. The van der Waals surface area contributed by atoms with E-state index in [9.17, 15) is 9.59 Å². The van der Waals surface area contributed by atoms with E-state index in [1.54, 1.807) is 31.4 Å². The molecule has 198 valence electrons. The summed E-state index contributed by atoms with van der Waals surface area (Å²) in [4.78, 5) is 30.1. The quantitative estimate of drug-likeness (QED) is 0.145. The van der Waals surface area contributed by atoms with E-state index in [1.165, 1.54) is 12.5 Å². The Kier molecular flexibility index (Phi) is 6.67. The van der Waals surface area contributed by atoms with Gasteiger partial charge < -0.3 is 20.0 Å². The van der Waals surface area contributed by atoms with E-state index in [0.717, 1.165) is 56.3 Å². The van der Waals surface area contributed by atoms with E-state index in [2.05, 4.69) is 31.2 Å². The molecule has 7 nitrogen and oxygen atoms in total. The fourth-order valence-electron chi connectivity index (χ4n) is 7.80. The second-order valence-electron chi connectivity index (χ2n) is 11.6. The van der Waals surface area contributed by atoms with Crippen LogP contribution in [0.25, 0.3) is 0 Å². The standard InChI is InChI=1S/C30H38N2O5/c1-18(33)36-22-13-15-29(2)20(17-22)7-10-23-24-11-12-26(30(24,3)16-14-25(23)29)28(34)37-32-27(31)19-5-8-21(35-4)9-6-19/h5-9,12,22-25H,10-11,13-17H2,1-4H3,(H2,31,32)/t22-,23-,24-,25-,29-,30-/m0/s1. The number of oxime groups is 1. The highest BCUT2D eigenvalue weighted by molar-refractivity contribution is 5.98. The normalized spacial score (nSPS) is 34.8. The molecule has 1 aromatic carbocycles. The van der Waals surface area contributed by atoms with Crippen molar-refractivity contribution in [3.05, 3.63) is 53.1 Å². The van der Waals surface area contributed by atoms with Crippen LogP contribution in [-0.2, 0) is 19.2 Å². The van der Waals surface area contributed by atoms with Gasteiger partial charge >= 0.3 is 11.9 Å². The molecule has 0 heterocycles. The number of nitrogens with zero attached hydrogens (tertiary/aromatic N) is 1. The van der Waals surface area contributed by atoms with Gasteiger partial charge in [-0.15, -0.1) is 0 Å². The average Bonchev–Trinajstić information content (AvgIpc) is 3.24. The molecule has 4 aliphatic carbocycles. The van der Waals surface area contributed by atoms with Crippen molar-refractivity contribution in [3.63, 3.8) is 0 Å². The maximum Gasteiger partial charge on any atom is 0.362 e. The first-order valence-corrected chi connectivity index (χ1v) is 13.4. The fourth-order valence-corrected chi connectivity index (χ4v) is 7.80. The zero-order valence-electron chi connectivity index (χ0n) is 22.3. The van der Waals surface area contributed by atoms with Gasteiger partial charge in [0.05, 0.1) is 7.11 Å². The van der Waals surface area contributed by atoms with E-state index in [4.69, 9.17) is 20.0 Å². The minimum absolute atomic E-state index is 0.00246. The summed E-state index contributed by atoms with van der Waals surface area (Å²) in [6, 6.07) is 7.14. The van der Waals surface area contributed by atoms with Crippen molar-refractivity contribution >= 4 is 17.8 Å². The molecule has 0 bridgehead atoms. The largest absolute Gasteiger partial charge is 0.497 e. The number of nitrogens with two attached hydrogens (primary N) is 1. The van der Waals surface area contributed by atoms with Crippen LogP contribution in [-0.4, -0.2) is 31.0 Å². The SMILES string of the molecule is COc1ccc(/C(N)=N/OC(=O)C2=CC[C@H]3[C@@H]4CC=C5C[C@@H](OC(C)=O)CC[C@]5(C)[C@H]4CC[C@]23C)cc1. The Morgan fingerprint density at radius 2 is 1.73 bits per heavy atom. The molecule has 0 spiro atoms. The number of rotatable bonds is 5. The zero-order chi connectivity index (χ0) is 26.4. The van der Waals surface area contributed by atoms with Crippen LogP contribution in [0.15, 0.2) is 52.7 Å². The van der Waals surface area contributed by atoms with E-state index in [1.807, 2.05) is 0 Å². The number of fused-ring (bicyclic) bond motifs is 5. The zero-order valence-corrected chi connectivity index (χ0v) is 22.3. The van der Waals surface area contributed by atoms with Crippen molar-refractivity contribution < 1.29 is 23.9 Å². The molecular formula is C30H38N2O5. The summed E-state index contributed by atoms with van der Waals surface area (Å²) in [6.45, 7) is 6.13. The minimum atomic E-state index is -0.403.